The van der Waals surface area contributed by atoms with Gasteiger partial charge < -0.3 is 0 Å². The minimum atomic E-state index is -3.74. The van der Waals surface area contributed by atoms with Crippen LogP contribution in [0.4, 0.5) is 4.39 Å². The van der Waals surface area contributed by atoms with Crippen molar-refractivity contribution < 1.29 is 12.8 Å². The van der Waals surface area contributed by atoms with E-state index in [9.17, 15) is 12.8 Å². The second kappa shape index (κ2) is 5.56. The first-order valence-corrected chi connectivity index (χ1v) is 8.85. The minimum absolute atomic E-state index is 0.0237. The van der Waals surface area contributed by atoms with Gasteiger partial charge in [0.15, 0.2) is 0 Å². The van der Waals surface area contributed by atoms with Crippen LogP contribution in [-0.2, 0) is 10.0 Å². The van der Waals surface area contributed by atoms with Gasteiger partial charge >= 0.3 is 0 Å². The zero-order valence-electron chi connectivity index (χ0n) is 9.44. The van der Waals surface area contributed by atoms with Crippen LogP contribution in [-0.4, -0.2) is 30.6 Å². The molecule has 2 rings (SSSR count). The van der Waals surface area contributed by atoms with E-state index in [1.165, 1.54) is 22.5 Å². The molecule has 0 bridgehead atoms. The molecular formula is C11H12Br2FNO2S. The first-order valence-electron chi connectivity index (χ1n) is 5.49. The summed E-state index contributed by atoms with van der Waals surface area (Å²) >= 11 is 6.35. The van der Waals surface area contributed by atoms with Crippen LogP contribution in [0.1, 0.15) is 12.8 Å². The molecule has 1 aliphatic rings. The van der Waals surface area contributed by atoms with E-state index in [0.29, 0.717) is 16.3 Å². The van der Waals surface area contributed by atoms with Crippen molar-refractivity contribution in [2.75, 3.05) is 11.9 Å². The lowest BCUT2D eigenvalue weighted by Gasteiger charge is -2.21. The molecule has 0 aliphatic heterocycles. The standard InChI is InChI=1S/C11H12Br2FNO2S/c12-5-6-15(9-2-3-9)18(16,17)11-4-1-8(13)7-10(11)14/h1,4,7,9H,2-3,5-6H2. The van der Waals surface area contributed by atoms with Crippen LogP contribution in [0.3, 0.4) is 0 Å². The van der Waals surface area contributed by atoms with Crippen LogP contribution >= 0.6 is 31.9 Å². The van der Waals surface area contributed by atoms with Crippen LogP contribution in [0.5, 0.6) is 0 Å². The van der Waals surface area contributed by atoms with Gasteiger partial charge in [0, 0.05) is 22.4 Å². The molecule has 18 heavy (non-hydrogen) atoms. The Hall–Kier alpha value is 0.0200. The zero-order valence-corrected chi connectivity index (χ0v) is 13.4. The summed E-state index contributed by atoms with van der Waals surface area (Å²) in [6.07, 6.45) is 1.70. The van der Waals surface area contributed by atoms with Crippen LogP contribution in [0.2, 0.25) is 0 Å². The van der Waals surface area contributed by atoms with Crippen LogP contribution in [0.25, 0.3) is 0 Å². The lowest BCUT2D eigenvalue weighted by molar-refractivity contribution is 0.420. The summed E-state index contributed by atoms with van der Waals surface area (Å²) in [6, 6.07) is 4.04. The summed E-state index contributed by atoms with van der Waals surface area (Å²) in [4.78, 5) is -0.251. The highest BCUT2D eigenvalue weighted by atomic mass is 79.9. The fourth-order valence-corrected chi connectivity index (χ4v) is 4.44. The van der Waals surface area contributed by atoms with Crippen molar-refractivity contribution in [3.8, 4) is 0 Å². The van der Waals surface area contributed by atoms with Gasteiger partial charge in [0.2, 0.25) is 10.0 Å². The number of sulfonamides is 1. The average molecular weight is 401 g/mol. The Morgan fingerprint density at radius 2 is 2.06 bits per heavy atom. The molecule has 0 spiro atoms. The van der Waals surface area contributed by atoms with Gasteiger partial charge in [0.25, 0.3) is 0 Å². The molecular weight excluding hydrogens is 389 g/mol. The zero-order chi connectivity index (χ0) is 13.3. The van der Waals surface area contributed by atoms with Crippen LogP contribution < -0.4 is 0 Å². The largest absolute Gasteiger partial charge is 0.246 e. The van der Waals surface area contributed by atoms with E-state index in [2.05, 4.69) is 31.9 Å². The third-order valence-electron chi connectivity index (χ3n) is 2.74. The van der Waals surface area contributed by atoms with Gasteiger partial charge in [-0.2, -0.15) is 4.31 Å². The Balaban J connectivity index is 2.39. The summed E-state index contributed by atoms with van der Waals surface area (Å²) in [5.41, 5.74) is 0. The summed E-state index contributed by atoms with van der Waals surface area (Å²) in [5.74, 6) is -0.718. The quantitative estimate of drug-likeness (QED) is 0.712. The number of halogens is 3. The molecule has 0 heterocycles. The van der Waals surface area contributed by atoms with Gasteiger partial charge in [-0.05, 0) is 31.0 Å². The summed E-state index contributed by atoms with van der Waals surface area (Å²) in [7, 11) is -3.74. The van der Waals surface area contributed by atoms with Crippen molar-refractivity contribution in [2.24, 2.45) is 0 Å². The van der Waals surface area contributed by atoms with Gasteiger partial charge in [0.05, 0.1) is 0 Å². The highest BCUT2D eigenvalue weighted by molar-refractivity contribution is 9.10. The molecule has 100 valence electrons. The first kappa shape index (κ1) is 14.4. The second-order valence-electron chi connectivity index (χ2n) is 4.11. The highest BCUT2D eigenvalue weighted by Gasteiger charge is 2.38. The molecule has 1 aliphatic carbocycles. The Kier molecular flexibility index (Phi) is 4.46. The summed E-state index contributed by atoms with van der Waals surface area (Å²) in [6.45, 7) is 0.364. The van der Waals surface area contributed by atoms with Crippen LogP contribution in [0.15, 0.2) is 27.6 Å². The van der Waals surface area contributed by atoms with E-state index in [-0.39, 0.29) is 10.9 Å². The normalized spacial score (nSPS) is 16.2. The van der Waals surface area contributed by atoms with E-state index >= 15 is 0 Å². The smallest absolute Gasteiger partial charge is 0.207 e. The molecule has 1 fully saturated rings. The molecule has 7 heteroatoms. The molecule has 0 N–H and O–H groups in total. The fourth-order valence-electron chi connectivity index (χ4n) is 1.76. The van der Waals surface area contributed by atoms with Crippen molar-refractivity contribution in [1.29, 1.82) is 0 Å². The van der Waals surface area contributed by atoms with E-state index in [4.69, 9.17) is 0 Å². The average Bonchev–Trinajstić information content (AvgIpc) is 3.08. The predicted molar refractivity (Wildman–Crippen MR) is 74.8 cm³/mol. The number of alkyl halides is 1. The fraction of sp³-hybridized carbons (Fsp3) is 0.455. The van der Waals surface area contributed by atoms with Gasteiger partial charge in [-0.3, -0.25) is 0 Å². The third-order valence-corrected chi connectivity index (χ3v) is 5.57. The molecule has 0 unspecified atom stereocenters. The molecule has 0 aromatic heterocycles. The van der Waals surface area contributed by atoms with E-state index in [1.807, 2.05) is 0 Å². The van der Waals surface area contributed by atoms with Gasteiger partial charge in [-0.25, -0.2) is 12.8 Å². The molecule has 1 aromatic rings. The second-order valence-corrected chi connectivity index (χ2v) is 7.68. The van der Waals surface area contributed by atoms with Crippen molar-refractivity contribution in [3.63, 3.8) is 0 Å². The summed E-state index contributed by atoms with van der Waals surface area (Å²) in [5, 5.41) is 0.543. The monoisotopic (exact) mass is 399 g/mol. The topological polar surface area (TPSA) is 37.4 Å². The maximum Gasteiger partial charge on any atom is 0.246 e. The Labute approximate surface area is 123 Å². The Morgan fingerprint density at radius 1 is 1.39 bits per heavy atom. The van der Waals surface area contributed by atoms with E-state index in [0.717, 1.165) is 12.8 Å². The first-order chi connectivity index (χ1) is 8.46. The predicted octanol–water partition coefficient (Wildman–Crippen LogP) is 3.14. The number of hydrogen-bond acceptors (Lipinski definition) is 2. The van der Waals surface area contributed by atoms with Gasteiger partial charge in [0.1, 0.15) is 10.7 Å². The van der Waals surface area contributed by atoms with Gasteiger partial charge in [-0.15, -0.1) is 0 Å². The molecule has 1 aromatic carbocycles. The maximum absolute atomic E-state index is 13.8. The van der Waals surface area contributed by atoms with Crippen molar-refractivity contribution >= 4 is 41.9 Å². The minimum Gasteiger partial charge on any atom is -0.207 e. The van der Waals surface area contributed by atoms with Gasteiger partial charge in [-0.1, -0.05) is 31.9 Å². The SMILES string of the molecule is O=S(=O)(c1ccc(Br)cc1F)N(CCBr)C1CC1. The molecule has 0 saturated heterocycles. The lowest BCUT2D eigenvalue weighted by Crippen LogP contribution is -2.35. The van der Waals surface area contributed by atoms with Crippen molar-refractivity contribution in [2.45, 2.75) is 23.8 Å². The molecule has 0 atom stereocenters. The molecule has 3 nitrogen and oxygen atoms in total. The Morgan fingerprint density at radius 3 is 2.56 bits per heavy atom. The lowest BCUT2D eigenvalue weighted by atomic mass is 10.3. The maximum atomic E-state index is 13.8. The number of nitrogens with zero attached hydrogens (tertiary/aromatic N) is 1. The summed E-state index contributed by atoms with van der Waals surface area (Å²) < 4.78 is 40.5. The van der Waals surface area contributed by atoms with Crippen LogP contribution in [0, 0.1) is 5.82 Å². The number of benzene rings is 1. The number of rotatable bonds is 5. The molecule has 0 radical (unpaired) electrons. The third kappa shape index (κ3) is 2.95. The Bertz CT molecular complexity index is 546. The number of hydrogen-bond donors (Lipinski definition) is 0. The van der Waals surface area contributed by atoms with E-state index in [1.54, 1.807) is 0 Å². The van der Waals surface area contributed by atoms with E-state index < -0.39 is 15.8 Å². The molecule has 0 amide bonds. The van der Waals surface area contributed by atoms with Crippen molar-refractivity contribution in [3.05, 3.63) is 28.5 Å². The van der Waals surface area contributed by atoms with Crippen molar-refractivity contribution in [1.82, 2.24) is 4.31 Å². The molecule has 1 saturated carbocycles. The highest BCUT2D eigenvalue weighted by Crippen LogP contribution is 2.33.